The van der Waals surface area contributed by atoms with E-state index in [1.165, 1.54) is 0 Å². The van der Waals surface area contributed by atoms with Crippen LogP contribution in [0.15, 0.2) is 28.9 Å². The molecule has 1 N–H and O–H groups in total. The van der Waals surface area contributed by atoms with Gasteiger partial charge < -0.3 is 9.73 Å². The Balaban J connectivity index is 2.15. The Morgan fingerprint density at radius 2 is 2.04 bits per heavy atom. The smallest absolute Gasteiger partial charge is 0.271 e. The molecule has 1 amide bonds. The topological polar surface area (TPSA) is 63.3 Å². The Hall–Kier alpha value is -2.08. The summed E-state index contributed by atoms with van der Waals surface area (Å²) in [7, 11) is 3.93. The van der Waals surface area contributed by atoms with Gasteiger partial charge in [0.25, 0.3) is 5.91 Å². The van der Waals surface area contributed by atoms with Gasteiger partial charge in [-0.3, -0.25) is 14.4 Å². The molecule has 0 bridgehead atoms. The Kier molecular flexibility index (Phi) is 5.72. The molecule has 0 aliphatic carbocycles. The molecule has 0 saturated heterocycles. The number of carbonyl (C=O) groups is 1. The second-order valence-corrected chi connectivity index (χ2v) is 7.90. The lowest BCUT2D eigenvalue weighted by molar-refractivity contribution is 0.0932. The molecule has 1 unspecified atom stereocenters. The van der Waals surface area contributed by atoms with Gasteiger partial charge in [0.15, 0.2) is 0 Å². The van der Waals surface area contributed by atoms with Crippen LogP contribution in [0.25, 0.3) is 0 Å². The summed E-state index contributed by atoms with van der Waals surface area (Å²) >= 11 is 0. The van der Waals surface area contributed by atoms with Crippen LogP contribution in [-0.2, 0) is 5.54 Å². The summed E-state index contributed by atoms with van der Waals surface area (Å²) in [5.74, 6) is 0.961. The second-order valence-electron chi connectivity index (χ2n) is 7.90. The van der Waals surface area contributed by atoms with E-state index in [1.807, 2.05) is 41.9 Å². The van der Waals surface area contributed by atoms with Crippen LogP contribution in [0.3, 0.4) is 0 Å². The zero-order valence-electron chi connectivity index (χ0n) is 16.3. The van der Waals surface area contributed by atoms with E-state index in [4.69, 9.17) is 4.42 Å². The van der Waals surface area contributed by atoms with E-state index < -0.39 is 0 Å². The van der Waals surface area contributed by atoms with Crippen LogP contribution in [0, 0.1) is 0 Å². The van der Waals surface area contributed by atoms with Crippen molar-refractivity contribution in [3.05, 3.63) is 41.6 Å². The summed E-state index contributed by atoms with van der Waals surface area (Å²) in [6, 6.07) is 5.64. The summed E-state index contributed by atoms with van der Waals surface area (Å²) in [5, 5.41) is 7.54. The van der Waals surface area contributed by atoms with Crippen molar-refractivity contribution in [1.29, 1.82) is 0 Å². The third-order valence-corrected chi connectivity index (χ3v) is 4.15. The quantitative estimate of drug-likeness (QED) is 0.871. The SMILES string of the molecule is CC(C)c1cc(C(=O)NCC(c2ccco2)N(C)C)nn1C(C)(C)C. The van der Waals surface area contributed by atoms with E-state index >= 15 is 0 Å². The van der Waals surface area contributed by atoms with E-state index in [0.717, 1.165) is 11.5 Å². The molecule has 25 heavy (non-hydrogen) atoms. The number of aromatic nitrogens is 2. The number of amides is 1. The van der Waals surface area contributed by atoms with Crippen LogP contribution in [-0.4, -0.2) is 41.2 Å². The van der Waals surface area contributed by atoms with E-state index in [0.29, 0.717) is 18.2 Å². The fourth-order valence-corrected chi connectivity index (χ4v) is 2.75. The number of carbonyl (C=O) groups excluding carboxylic acids is 1. The van der Waals surface area contributed by atoms with Crippen molar-refractivity contribution in [1.82, 2.24) is 20.0 Å². The molecule has 2 rings (SSSR count). The van der Waals surface area contributed by atoms with Gasteiger partial charge in [-0.05, 0) is 59.0 Å². The Labute approximate surface area is 150 Å². The lowest BCUT2D eigenvalue weighted by Gasteiger charge is -2.23. The van der Waals surface area contributed by atoms with Crippen molar-refractivity contribution < 1.29 is 9.21 Å². The summed E-state index contributed by atoms with van der Waals surface area (Å²) < 4.78 is 7.43. The Bertz CT molecular complexity index is 694. The fourth-order valence-electron chi connectivity index (χ4n) is 2.75. The first-order valence-electron chi connectivity index (χ1n) is 8.69. The maximum atomic E-state index is 12.6. The van der Waals surface area contributed by atoms with Crippen molar-refractivity contribution in [2.75, 3.05) is 20.6 Å². The highest BCUT2D eigenvalue weighted by Crippen LogP contribution is 2.24. The number of nitrogens with one attached hydrogen (secondary N) is 1. The van der Waals surface area contributed by atoms with Gasteiger partial charge in [-0.25, -0.2) is 0 Å². The molecule has 6 nitrogen and oxygen atoms in total. The van der Waals surface area contributed by atoms with E-state index in [9.17, 15) is 4.79 Å². The number of hydrogen-bond acceptors (Lipinski definition) is 4. The van der Waals surface area contributed by atoms with Gasteiger partial charge in [-0.1, -0.05) is 13.8 Å². The first-order chi connectivity index (χ1) is 11.6. The maximum absolute atomic E-state index is 12.6. The van der Waals surface area contributed by atoms with Crippen LogP contribution in [0.4, 0.5) is 0 Å². The van der Waals surface area contributed by atoms with E-state index in [2.05, 4.69) is 45.0 Å². The Morgan fingerprint density at radius 3 is 2.48 bits per heavy atom. The largest absolute Gasteiger partial charge is 0.468 e. The van der Waals surface area contributed by atoms with Crippen LogP contribution < -0.4 is 5.32 Å². The average molecular weight is 346 g/mol. The number of rotatable bonds is 6. The molecule has 1 atom stereocenters. The molecule has 2 heterocycles. The molecule has 0 aliphatic heterocycles. The second kappa shape index (κ2) is 7.44. The molecule has 0 spiro atoms. The van der Waals surface area contributed by atoms with E-state index in [1.54, 1.807) is 6.26 Å². The molecule has 0 radical (unpaired) electrons. The first-order valence-corrected chi connectivity index (χ1v) is 8.69. The molecular formula is C19H30N4O2. The molecule has 0 aliphatic rings. The van der Waals surface area contributed by atoms with Gasteiger partial charge in [0.2, 0.25) is 0 Å². The highest BCUT2D eigenvalue weighted by Gasteiger charge is 2.24. The molecule has 2 aromatic heterocycles. The van der Waals surface area contributed by atoms with Gasteiger partial charge in [0.05, 0.1) is 17.8 Å². The average Bonchev–Trinajstić information content (AvgIpc) is 3.15. The van der Waals surface area contributed by atoms with Crippen LogP contribution in [0.5, 0.6) is 0 Å². The molecule has 2 aromatic rings. The number of furan rings is 1. The highest BCUT2D eigenvalue weighted by molar-refractivity contribution is 5.92. The number of nitrogens with zero attached hydrogens (tertiary/aromatic N) is 3. The van der Waals surface area contributed by atoms with Gasteiger partial charge >= 0.3 is 0 Å². The minimum Gasteiger partial charge on any atom is -0.468 e. The lowest BCUT2D eigenvalue weighted by Crippen LogP contribution is -2.34. The zero-order chi connectivity index (χ0) is 18.8. The fraction of sp³-hybridized carbons (Fsp3) is 0.579. The van der Waals surface area contributed by atoms with Gasteiger partial charge in [0.1, 0.15) is 11.5 Å². The molecule has 6 heteroatoms. The van der Waals surface area contributed by atoms with Crippen LogP contribution >= 0.6 is 0 Å². The molecule has 0 fully saturated rings. The summed E-state index contributed by atoms with van der Waals surface area (Å²) in [6.45, 7) is 10.9. The molecule has 138 valence electrons. The third-order valence-electron chi connectivity index (χ3n) is 4.15. The van der Waals surface area contributed by atoms with Crippen molar-refractivity contribution >= 4 is 5.91 Å². The van der Waals surface area contributed by atoms with Crippen molar-refractivity contribution in [2.45, 2.75) is 52.1 Å². The standard InChI is InChI=1S/C19H30N4O2/c1-13(2)15-11-14(21-23(15)19(3,4)5)18(24)20-12-16(22(6)7)17-9-8-10-25-17/h8-11,13,16H,12H2,1-7H3,(H,20,24). The lowest BCUT2D eigenvalue weighted by atomic mass is 10.1. The highest BCUT2D eigenvalue weighted by atomic mass is 16.3. The number of hydrogen-bond donors (Lipinski definition) is 1. The predicted molar refractivity (Wildman–Crippen MR) is 98.8 cm³/mol. The summed E-state index contributed by atoms with van der Waals surface area (Å²) in [5.41, 5.74) is 1.35. The van der Waals surface area contributed by atoms with Crippen molar-refractivity contribution in [3.63, 3.8) is 0 Å². The minimum absolute atomic E-state index is 0.0202. The predicted octanol–water partition coefficient (Wildman–Crippen LogP) is 3.39. The Morgan fingerprint density at radius 1 is 1.36 bits per heavy atom. The van der Waals surface area contributed by atoms with Crippen molar-refractivity contribution in [2.24, 2.45) is 0 Å². The van der Waals surface area contributed by atoms with E-state index in [-0.39, 0.29) is 17.5 Å². The van der Waals surface area contributed by atoms with Crippen LogP contribution in [0.1, 0.15) is 68.5 Å². The molecular weight excluding hydrogens is 316 g/mol. The molecule has 0 aromatic carbocycles. The number of likely N-dealkylation sites (N-methyl/N-ethyl adjacent to an activating group) is 1. The minimum atomic E-state index is -0.168. The third kappa shape index (κ3) is 4.51. The zero-order valence-corrected chi connectivity index (χ0v) is 16.3. The summed E-state index contributed by atoms with van der Waals surface area (Å²) in [4.78, 5) is 14.6. The normalized spacial score (nSPS) is 13.5. The molecule has 0 saturated carbocycles. The first kappa shape index (κ1) is 19.2. The van der Waals surface area contributed by atoms with Gasteiger partial charge in [-0.15, -0.1) is 0 Å². The summed E-state index contributed by atoms with van der Waals surface area (Å²) in [6.07, 6.45) is 1.65. The maximum Gasteiger partial charge on any atom is 0.271 e. The van der Waals surface area contributed by atoms with Gasteiger partial charge in [0, 0.05) is 12.2 Å². The monoisotopic (exact) mass is 346 g/mol. The van der Waals surface area contributed by atoms with Gasteiger partial charge in [-0.2, -0.15) is 5.10 Å². The van der Waals surface area contributed by atoms with Crippen LogP contribution in [0.2, 0.25) is 0 Å². The van der Waals surface area contributed by atoms with Crippen molar-refractivity contribution in [3.8, 4) is 0 Å².